The molecular formula is C33H42N2O5S. The second-order valence-electron chi connectivity index (χ2n) is 13.0. The van der Waals surface area contributed by atoms with Crippen LogP contribution in [0.25, 0.3) is 0 Å². The lowest BCUT2D eigenvalue weighted by Crippen LogP contribution is -2.49. The molecule has 1 amide bonds. The summed E-state index contributed by atoms with van der Waals surface area (Å²) in [6.07, 6.45) is 8.84. The fourth-order valence-corrected chi connectivity index (χ4v) is 8.61. The molecule has 0 unspecified atom stereocenters. The fraction of sp³-hybridized carbons (Fsp3) is 0.545. The Morgan fingerprint density at radius 3 is 2.73 bits per heavy atom. The zero-order chi connectivity index (χ0) is 28.9. The van der Waals surface area contributed by atoms with Gasteiger partial charge < -0.3 is 14.7 Å². The number of ether oxygens (including phenoxy) is 1. The molecular weight excluding hydrogens is 536 g/mol. The molecule has 1 saturated carbocycles. The van der Waals surface area contributed by atoms with Crippen LogP contribution in [0.1, 0.15) is 73.0 Å². The minimum atomic E-state index is -3.90. The van der Waals surface area contributed by atoms with E-state index < -0.39 is 27.3 Å². The second kappa shape index (κ2) is 10.8. The molecule has 220 valence electrons. The van der Waals surface area contributed by atoms with Gasteiger partial charge in [-0.1, -0.05) is 42.8 Å². The van der Waals surface area contributed by atoms with Gasteiger partial charge in [0.2, 0.25) is 10.0 Å². The van der Waals surface area contributed by atoms with E-state index in [1.54, 1.807) is 19.1 Å². The van der Waals surface area contributed by atoms with Gasteiger partial charge in [-0.3, -0.25) is 4.79 Å². The number of amides is 1. The Morgan fingerprint density at radius 1 is 1.12 bits per heavy atom. The largest absolute Gasteiger partial charge is 0.490 e. The molecule has 41 heavy (non-hydrogen) atoms. The molecule has 1 fully saturated rings. The maximum atomic E-state index is 13.3. The Hall–Kier alpha value is -2.84. The highest BCUT2D eigenvalue weighted by Gasteiger charge is 2.44. The van der Waals surface area contributed by atoms with Gasteiger partial charge in [0.05, 0.1) is 23.6 Å². The predicted octanol–water partition coefficient (Wildman–Crippen LogP) is 4.90. The van der Waals surface area contributed by atoms with Crippen molar-refractivity contribution in [2.45, 2.75) is 76.1 Å². The molecule has 4 aliphatic rings. The monoisotopic (exact) mass is 578 g/mol. The SMILES string of the molecule is Cc1ccc2c(c1)CCC[C@]21COc2ccc3cc2N(C[C@@H]2CC[C@H]2[C@@H](O)/C=C/C[C@H](C)[C@@H](C)S(=O)(=O)NC3=O)C1. The van der Waals surface area contributed by atoms with Gasteiger partial charge in [0, 0.05) is 24.1 Å². The average Bonchev–Trinajstić information content (AvgIpc) is 3.06. The van der Waals surface area contributed by atoms with Crippen molar-refractivity contribution in [1.29, 1.82) is 0 Å². The Bertz CT molecular complexity index is 1470. The Labute approximate surface area is 244 Å². The molecule has 6 rings (SSSR count). The first kappa shape index (κ1) is 28.3. The van der Waals surface area contributed by atoms with Crippen molar-refractivity contribution in [1.82, 2.24) is 4.72 Å². The summed E-state index contributed by atoms with van der Waals surface area (Å²) in [6.45, 7) is 7.65. The molecule has 0 radical (unpaired) electrons. The van der Waals surface area contributed by atoms with Crippen LogP contribution in [0.4, 0.5) is 5.69 Å². The van der Waals surface area contributed by atoms with Crippen molar-refractivity contribution in [3.8, 4) is 5.75 Å². The number of allylic oxidation sites excluding steroid dienone is 1. The Morgan fingerprint density at radius 2 is 1.95 bits per heavy atom. The molecule has 7 nitrogen and oxygen atoms in total. The van der Waals surface area contributed by atoms with Crippen molar-refractivity contribution in [2.24, 2.45) is 17.8 Å². The molecule has 2 heterocycles. The Balaban J connectivity index is 1.42. The highest BCUT2D eigenvalue weighted by Crippen LogP contribution is 2.46. The maximum Gasteiger partial charge on any atom is 0.264 e. The van der Waals surface area contributed by atoms with E-state index in [-0.39, 0.29) is 17.3 Å². The number of carbonyl (C=O) groups is 1. The molecule has 6 atom stereocenters. The number of benzene rings is 2. The number of nitrogens with one attached hydrogen (secondary N) is 1. The van der Waals surface area contributed by atoms with Crippen LogP contribution in [0.3, 0.4) is 0 Å². The van der Waals surface area contributed by atoms with Crippen LogP contribution in [0, 0.1) is 24.7 Å². The fourth-order valence-electron chi connectivity index (χ4n) is 7.32. The summed E-state index contributed by atoms with van der Waals surface area (Å²) >= 11 is 0. The zero-order valence-corrected chi connectivity index (χ0v) is 25.1. The van der Waals surface area contributed by atoms with E-state index in [9.17, 15) is 18.3 Å². The molecule has 2 aromatic carbocycles. The number of aliphatic hydroxyl groups is 1. The van der Waals surface area contributed by atoms with Crippen molar-refractivity contribution in [3.63, 3.8) is 0 Å². The van der Waals surface area contributed by atoms with Gasteiger partial charge in [-0.15, -0.1) is 0 Å². The van der Waals surface area contributed by atoms with E-state index in [0.717, 1.165) is 50.9 Å². The molecule has 2 bridgehead atoms. The smallest absolute Gasteiger partial charge is 0.264 e. The number of aryl methyl sites for hydroxylation is 2. The Kier molecular flexibility index (Phi) is 7.43. The van der Waals surface area contributed by atoms with Gasteiger partial charge in [-0.05, 0) is 99.5 Å². The third-order valence-corrected chi connectivity index (χ3v) is 12.1. The van der Waals surface area contributed by atoms with E-state index in [2.05, 4.69) is 34.7 Å². The summed E-state index contributed by atoms with van der Waals surface area (Å²) < 4.78 is 35.1. The summed E-state index contributed by atoms with van der Waals surface area (Å²) in [7, 11) is -3.90. The second-order valence-corrected chi connectivity index (χ2v) is 15.0. The zero-order valence-electron chi connectivity index (χ0n) is 24.3. The molecule has 0 saturated heterocycles. The van der Waals surface area contributed by atoms with Crippen LogP contribution in [-0.2, 0) is 21.9 Å². The number of rotatable bonds is 0. The first-order valence-electron chi connectivity index (χ1n) is 15.1. The predicted molar refractivity (Wildman–Crippen MR) is 161 cm³/mol. The van der Waals surface area contributed by atoms with Gasteiger partial charge in [0.15, 0.2) is 0 Å². The van der Waals surface area contributed by atoms with Crippen LogP contribution in [0.15, 0.2) is 48.6 Å². The number of aliphatic hydroxyl groups excluding tert-OH is 1. The van der Waals surface area contributed by atoms with Gasteiger partial charge in [-0.2, -0.15) is 0 Å². The number of hydrogen-bond acceptors (Lipinski definition) is 6. The van der Waals surface area contributed by atoms with E-state index >= 15 is 0 Å². The third-order valence-electron chi connectivity index (χ3n) is 10.2. The highest BCUT2D eigenvalue weighted by molar-refractivity contribution is 7.90. The van der Waals surface area contributed by atoms with E-state index in [0.29, 0.717) is 30.3 Å². The minimum absolute atomic E-state index is 0.145. The maximum absolute atomic E-state index is 13.3. The molecule has 0 aromatic heterocycles. The van der Waals surface area contributed by atoms with Gasteiger partial charge in [-0.25, -0.2) is 13.1 Å². The number of carbonyl (C=O) groups excluding carboxylic acids is 1. The summed E-state index contributed by atoms with van der Waals surface area (Å²) in [5.74, 6) is 0.319. The summed E-state index contributed by atoms with van der Waals surface area (Å²) in [4.78, 5) is 15.7. The normalized spacial score (nSPS) is 33.8. The first-order chi connectivity index (χ1) is 19.6. The van der Waals surface area contributed by atoms with Crippen LogP contribution < -0.4 is 14.4 Å². The highest BCUT2D eigenvalue weighted by atomic mass is 32.2. The van der Waals surface area contributed by atoms with Crippen LogP contribution in [0.5, 0.6) is 5.75 Å². The number of anilines is 1. The van der Waals surface area contributed by atoms with Crippen LogP contribution >= 0.6 is 0 Å². The first-order valence-corrected chi connectivity index (χ1v) is 16.6. The minimum Gasteiger partial charge on any atom is -0.490 e. The quantitative estimate of drug-likeness (QED) is 0.432. The lowest BCUT2D eigenvalue weighted by atomic mass is 9.68. The van der Waals surface area contributed by atoms with E-state index in [4.69, 9.17) is 4.74 Å². The van der Waals surface area contributed by atoms with Crippen LogP contribution in [0.2, 0.25) is 0 Å². The number of fused-ring (bicyclic) bond motifs is 4. The number of sulfonamides is 1. The van der Waals surface area contributed by atoms with Crippen molar-refractivity contribution < 1.29 is 23.1 Å². The van der Waals surface area contributed by atoms with E-state index in [1.807, 2.05) is 25.1 Å². The molecule has 2 aromatic rings. The number of nitrogens with zero attached hydrogens (tertiary/aromatic N) is 1. The van der Waals surface area contributed by atoms with Gasteiger partial charge >= 0.3 is 0 Å². The van der Waals surface area contributed by atoms with Crippen molar-refractivity contribution in [2.75, 3.05) is 24.6 Å². The molecule has 2 aliphatic heterocycles. The molecule has 2 N–H and O–H groups in total. The average molecular weight is 579 g/mol. The third kappa shape index (κ3) is 5.29. The lowest BCUT2D eigenvalue weighted by Gasteiger charge is -2.45. The number of hydrogen-bond donors (Lipinski definition) is 2. The van der Waals surface area contributed by atoms with Crippen molar-refractivity contribution >= 4 is 21.6 Å². The van der Waals surface area contributed by atoms with Crippen molar-refractivity contribution in [3.05, 3.63) is 70.8 Å². The standard InChI is InChI=1S/C33H42N2O5S/c1-21-9-13-28-24(16-21)7-5-15-33(28)19-35-18-26-10-12-27(26)30(36)8-4-6-22(2)23(3)41(38,39)34-32(37)25-11-14-31(40-20-33)29(35)17-25/h4,8-9,11,13-14,16-17,22-23,26-27,30,36H,5-7,10,12,15,18-20H2,1-3H3,(H,34,37)/b8-4+/t22-,23+,26-,27+,30-,33-/m0/s1. The molecule has 1 spiro atoms. The van der Waals surface area contributed by atoms with Gasteiger partial charge in [0.1, 0.15) is 5.75 Å². The summed E-state index contributed by atoms with van der Waals surface area (Å²) in [5, 5.41) is 10.3. The molecule has 8 heteroatoms. The lowest BCUT2D eigenvalue weighted by molar-refractivity contribution is 0.0456. The summed E-state index contributed by atoms with van der Waals surface area (Å²) in [5.41, 5.74) is 4.91. The molecule has 2 aliphatic carbocycles. The topological polar surface area (TPSA) is 95.9 Å². The van der Waals surface area contributed by atoms with E-state index in [1.165, 1.54) is 16.7 Å². The van der Waals surface area contributed by atoms with Gasteiger partial charge in [0.25, 0.3) is 5.91 Å². The summed E-state index contributed by atoms with van der Waals surface area (Å²) in [6, 6.07) is 12.0. The van der Waals surface area contributed by atoms with Crippen LogP contribution in [-0.4, -0.2) is 50.5 Å².